The van der Waals surface area contributed by atoms with Crippen molar-refractivity contribution < 1.29 is 18.3 Å². The molecule has 2 fully saturated rings. The summed E-state index contributed by atoms with van der Waals surface area (Å²) in [5.41, 5.74) is -0.104. The number of benzene rings is 1. The maximum atomic E-state index is 12.6. The number of aliphatic hydroxyl groups excluding tert-OH is 1. The zero-order valence-corrected chi connectivity index (χ0v) is 13.7. The molecule has 1 aromatic carbocycles. The summed E-state index contributed by atoms with van der Waals surface area (Å²) in [5.74, 6) is 0.885. The van der Waals surface area contributed by atoms with Crippen LogP contribution in [0.15, 0.2) is 29.2 Å². The maximum absolute atomic E-state index is 12.6. The van der Waals surface area contributed by atoms with Gasteiger partial charge in [0.15, 0.2) is 0 Å². The van der Waals surface area contributed by atoms with E-state index in [-0.39, 0.29) is 18.1 Å². The zero-order valence-electron chi connectivity index (χ0n) is 12.9. The number of ether oxygens (including phenoxy) is 1. The molecule has 0 saturated carbocycles. The Bertz CT molecular complexity index is 638. The molecular weight excluding hydrogens is 304 g/mol. The number of likely N-dealkylation sites (N-methyl/N-ethyl adjacent to an activating group) is 1. The van der Waals surface area contributed by atoms with Crippen LogP contribution in [0.5, 0.6) is 5.75 Å². The summed E-state index contributed by atoms with van der Waals surface area (Å²) in [6.07, 6.45) is 0.856. The van der Waals surface area contributed by atoms with E-state index in [1.54, 1.807) is 31.4 Å². The first kappa shape index (κ1) is 15.7. The van der Waals surface area contributed by atoms with Crippen molar-refractivity contribution in [3.8, 4) is 5.75 Å². The number of likely N-dealkylation sites (tertiary alicyclic amines) is 1. The minimum atomic E-state index is -3.45. The first-order valence-electron chi connectivity index (χ1n) is 7.37. The monoisotopic (exact) mass is 326 g/mol. The van der Waals surface area contributed by atoms with Gasteiger partial charge in [0, 0.05) is 31.8 Å². The van der Waals surface area contributed by atoms with E-state index in [0.717, 1.165) is 13.0 Å². The number of hydrogen-bond donors (Lipinski definition) is 1. The van der Waals surface area contributed by atoms with Crippen LogP contribution in [0, 0.1) is 5.92 Å². The van der Waals surface area contributed by atoms with E-state index < -0.39 is 10.0 Å². The number of rotatable bonds is 4. The van der Waals surface area contributed by atoms with Crippen molar-refractivity contribution in [2.45, 2.75) is 16.9 Å². The van der Waals surface area contributed by atoms with Crippen molar-refractivity contribution in [1.82, 2.24) is 9.21 Å². The molecule has 0 aromatic heterocycles. The second-order valence-corrected chi connectivity index (χ2v) is 8.24. The molecule has 0 amide bonds. The lowest BCUT2D eigenvalue weighted by molar-refractivity contribution is 0.0374. The van der Waals surface area contributed by atoms with E-state index in [9.17, 15) is 13.5 Å². The zero-order chi connectivity index (χ0) is 16.0. The number of hydrogen-bond acceptors (Lipinski definition) is 5. The van der Waals surface area contributed by atoms with Crippen LogP contribution >= 0.6 is 0 Å². The molecule has 1 aromatic rings. The third-order valence-electron chi connectivity index (χ3n) is 4.91. The predicted octanol–water partition coefficient (Wildman–Crippen LogP) is 0.382. The molecule has 1 unspecified atom stereocenters. The summed E-state index contributed by atoms with van der Waals surface area (Å²) < 4.78 is 31.8. The van der Waals surface area contributed by atoms with Crippen molar-refractivity contribution >= 4 is 10.0 Å². The van der Waals surface area contributed by atoms with Crippen molar-refractivity contribution in [1.29, 1.82) is 0 Å². The normalized spacial score (nSPS) is 25.3. The third-order valence-corrected chi connectivity index (χ3v) is 6.71. The molecule has 0 bridgehead atoms. The van der Waals surface area contributed by atoms with Crippen LogP contribution in [0.4, 0.5) is 0 Å². The number of methoxy groups -OCH3 is 1. The Labute approximate surface area is 131 Å². The Morgan fingerprint density at radius 2 is 1.95 bits per heavy atom. The highest BCUT2D eigenvalue weighted by Gasteiger charge is 2.54. The molecular formula is C15H22N2O4S. The summed E-state index contributed by atoms with van der Waals surface area (Å²) >= 11 is 0. The van der Waals surface area contributed by atoms with Crippen LogP contribution < -0.4 is 4.74 Å². The van der Waals surface area contributed by atoms with Gasteiger partial charge in [-0.3, -0.25) is 4.90 Å². The molecule has 6 nitrogen and oxygen atoms in total. The molecule has 1 atom stereocenters. The van der Waals surface area contributed by atoms with Gasteiger partial charge in [0.25, 0.3) is 0 Å². The third kappa shape index (κ3) is 2.42. The smallest absolute Gasteiger partial charge is 0.243 e. The lowest BCUT2D eigenvalue weighted by atomic mass is 9.87. The lowest BCUT2D eigenvalue weighted by Crippen LogP contribution is -2.67. The number of aliphatic hydroxyl groups is 1. The minimum Gasteiger partial charge on any atom is -0.497 e. The molecule has 2 aliphatic heterocycles. The van der Waals surface area contributed by atoms with Gasteiger partial charge in [0.2, 0.25) is 10.0 Å². The van der Waals surface area contributed by atoms with Crippen molar-refractivity contribution in [3.63, 3.8) is 0 Å². The molecule has 1 spiro atoms. The molecule has 0 aliphatic carbocycles. The Balaban J connectivity index is 1.73. The minimum absolute atomic E-state index is 0.104. The molecule has 2 saturated heterocycles. The van der Waals surface area contributed by atoms with Gasteiger partial charge in [0.05, 0.1) is 12.0 Å². The van der Waals surface area contributed by atoms with Gasteiger partial charge >= 0.3 is 0 Å². The average molecular weight is 326 g/mol. The molecule has 2 aliphatic rings. The van der Waals surface area contributed by atoms with Gasteiger partial charge in [-0.2, -0.15) is 4.31 Å². The molecule has 0 radical (unpaired) electrons. The maximum Gasteiger partial charge on any atom is 0.243 e. The largest absolute Gasteiger partial charge is 0.497 e. The highest BCUT2D eigenvalue weighted by Crippen LogP contribution is 2.41. The average Bonchev–Trinajstić information content (AvgIpc) is 2.83. The van der Waals surface area contributed by atoms with Gasteiger partial charge in [-0.15, -0.1) is 0 Å². The van der Waals surface area contributed by atoms with E-state index >= 15 is 0 Å². The van der Waals surface area contributed by atoms with Gasteiger partial charge < -0.3 is 9.84 Å². The fraction of sp³-hybridized carbons (Fsp3) is 0.600. The van der Waals surface area contributed by atoms with Gasteiger partial charge in [-0.25, -0.2) is 8.42 Å². The lowest BCUT2D eigenvalue weighted by Gasteiger charge is -2.50. The van der Waals surface area contributed by atoms with E-state index in [0.29, 0.717) is 23.7 Å². The summed E-state index contributed by atoms with van der Waals surface area (Å²) in [4.78, 5) is 2.48. The first-order valence-corrected chi connectivity index (χ1v) is 8.81. The highest BCUT2D eigenvalue weighted by atomic mass is 32.2. The molecule has 1 N–H and O–H groups in total. The van der Waals surface area contributed by atoms with Crippen LogP contribution in [0.1, 0.15) is 6.42 Å². The van der Waals surface area contributed by atoms with E-state index in [2.05, 4.69) is 4.90 Å². The van der Waals surface area contributed by atoms with E-state index in [4.69, 9.17) is 4.74 Å². The van der Waals surface area contributed by atoms with Crippen molar-refractivity contribution in [2.24, 2.45) is 5.92 Å². The quantitative estimate of drug-likeness (QED) is 0.866. The molecule has 2 heterocycles. The molecule has 3 rings (SSSR count). The Kier molecular flexibility index (Phi) is 3.92. The van der Waals surface area contributed by atoms with Crippen LogP contribution in [-0.2, 0) is 10.0 Å². The van der Waals surface area contributed by atoms with Crippen LogP contribution in [0.2, 0.25) is 0 Å². The first-order chi connectivity index (χ1) is 10.4. The SMILES string of the molecule is COc1ccc(S(=O)(=O)N2CC3(CC(CO)CN3C)C2)cc1. The van der Waals surface area contributed by atoms with Crippen molar-refractivity contribution in [3.05, 3.63) is 24.3 Å². The second kappa shape index (κ2) is 5.49. The summed E-state index contributed by atoms with van der Waals surface area (Å²) in [7, 11) is 0.109. The number of sulfonamides is 1. The summed E-state index contributed by atoms with van der Waals surface area (Å²) in [6.45, 7) is 1.98. The summed E-state index contributed by atoms with van der Waals surface area (Å²) in [5, 5.41) is 9.32. The molecule has 7 heteroatoms. The standard InChI is InChI=1S/C15H22N2O4S/c1-16-8-12(9-18)7-15(16)10-17(11-15)22(19,20)14-5-3-13(21-2)4-6-14/h3-6,12,18H,7-11H2,1-2H3. The van der Waals surface area contributed by atoms with Crippen LogP contribution in [0.25, 0.3) is 0 Å². The van der Waals surface area contributed by atoms with Crippen LogP contribution in [-0.4, -0.2) is 68.7 Å². The Morgan fingerprint density at radius 1 is 1.32 bits per heavy atom. The fourth-order valence-corrected chi connectivity index (χ4v) is 5.11. The second-order valence-electron chi connectivity index (χ2n) is 6.31. The van der Waals surface area contributed by atoms with E-state index in [1.807, 2.05) is 7.05 Å². The Hall–Kier alpha value is -1.15. The Morgan fingerprint density at radius 3 is 2.45 bits per heavy atom. The fourth-order valence-electron chi connectivity index (χ4n) is 3.51. The highest BCUT2D eigenvalue weighted by molar-refractivity contribution is 7.89. The van der Waals surface area contributed by atoms with Crippen molar-refractivity contribution in [2.75, 3.05) is 40.4 Å². The van der Waals surface area contributed by atoms with E-state index in [1.165, 1.54) is 4.31 Å². The predicted molar refractivity (Wildman–Crippen MR) is 82.3 cm³/mol. The number of nitrogens with zero attached hydrogens (tertiary/aromatic N) is 2. The van der Waals surface area contributed by atoms with Gasteiger partial charge in [0.1, 0.15) is 5.75 Å². The van der Waals surface area contributed by atoms with Crippen LogP contribution in [0.3, 0.4) is 0 Å². The molecule has 122 valence electrons. The summed E-state index contributed by atoms with van der Waals surface area (Å²) in [6, 6.07) is 6.47. The topological polar surface area (TPSA) is 70.1 Å². The van der Waals surface area contributed by atoms with Gasteiger partial charge in [-0.1, -0.05) is 0 Å². The van der Waals surface area contributed by atoms with Gasteiger partial charge in [-0.05, 0) is 43.7 Å². The molecule has 22 heavy (non-hydrogen) atoms.